The quantitative estimate of drug-likeness (QED) is 0.632. The highest BCUT2D eigenvalue weighted by atomic mass is 35.5. The number of rotatable bonds is 5. The normalized spacial score (nSPS) is 19.4. The average Bonchev–Trinajstić information content (AvgIpc) is 3.11. The summed E-state index contributed by atoms with van der Waals surface area (Å²) in [6, 6.07) is 8.76. The van der Waals surface area contributed by atoms with E-state index >= 15 is 0 Å². The summed E-state index contributed by atoms with van der Waals surface area (Å²) in [5.74, 6) is 0.959. The second-order valence-electron chi connectivity index (χ2n) is 7.38. The first kappa shape index (κ1) is 19.3. The molecule has 0 bridgehead atoms. The van der Waals surface area contributed by atoms with Crippen molar-refractivity contribution in [1.82, 2.24) is 10.2 Å². The number of hydrogen-bond acceptors (Lipinski definition) is 4. The number of amides is 1. The molecule has 1 aromatic carbocycles. The van der Waals surface area contributed by atoms with E-state index in [0.29, 0.717) is 6.04 Å². The van der Waals surface area contributed by atoms with E-state index in [0.717, 1.165) is 35.2 Å². The van der Waals surface area contributed by atoms with E-state index in [1.54, 1.807) is 23.1 Å². The number of piperidine rings is 1. The van der Waals surface area contributed by atoms with Crippen LogP contribution in [0.4, 0.5) is 0 Å². The summed E-state index contributed by atoms with van der Waals surface area (Å²) in [4.78, 5) is 18.4. The third-order valence-electron chi connectivity index (χ3n) is 5.45. The predicted molar refractivity (Wildman–Crippen MR) is 116 cm³/mol. The lowest BCUT2D eigenvalue weighted by molar-refractivity contribution is 0.0953. The second kappa shape index (κ2) is 8.56. The van der Waals surface area contributed by atoms with Crippen molar-refractivity contribution >= 4 is 40.6 Å². The van der Waals surface area contributed by atoms with Crippen molar-refractivity contribution in [2.75, 3.05) is 19.6 Å². The Morgan fingerprint density at radius 2 is 2.22 bits per heavy atom. The fraction of sp³-hybridized carbons (Fsp3) is 0.476. The summed E-state index contributed by atoms with van der Waals surface area (Å²) in [6.45, 7) is 5.34. The monoisotopic (exact) mass is 420 g/mol. The molecule has 0 unspecified atom stereocenters. The molecule has 3 heterocycles. The number of thioether (sulfide) groups is 1. The topological polar surface area (TPSA) is 32.3 Å². The molecule has 4 rings (SSSR count). The van der Waals surface area contributed by atoms with Crippen LogP contribution >= 0.6 is 34.7 Å². The van der Waals surface area contributed by atoms with Gasteiger partial charge in [-0.2, -0.15) is 0 Å². The molecule has 1 aromatic heterocycles. The van der Waals surface area contributed by atoms with Crippen molar-refractivity contribution in [1.29, 1.82) is 0 Å². The van der Waals surface area contributed by atoms with Gasteiger partial charge in [0.25, 0.3) is 5.91 Å². The molecule has 0 aliphatic carbocycles. The molecular weight excluding hydrogens is 396 g/mol. The minimum Gasteiger partial charge on any atom is -0.351 e. The zero-order valence-electron chi connectivity index (χ0n) is 15.6. The van der Waals surface area contributed by atoms with Crippen LogP contribution in [0.15, 0.2) is 29.2 Å². The number of carbonyl (C=O) groups excluding carboxylic acids is 1. The Morgan fingerprint density at radius 3 is 3.07 bits per heavy atom. The van der Waals surface area contributed by atoms with Crippen LogP contribution in [0, 0.1) is 0 Å². The summed E-state index contributed by atoms with van der Waals surface area (Å²) in [5.41, 5.74) is 2.46. The number of benzene rings is 1. The summed E-state index contributed by atoms with van der Waals surface area (Å²) in [7, 11) is 0. The molecule has 1 N–H and O–H groups in total. The number of nitrogens with zero attached hydrogens (tertiary/aromatic N) is 1. The molecule has 0 saturated carbocycles. The Morgan fingerprint density at radius 1 is 1.33 bits per heavy atom. The number of halogens is 1. The first-order valence-electron chi connectivity index (χ1n) is 9.69. The zero-order chi connectivity index (χ0) is 18.8. The third-order valence-corrected chi connectivity index (χ3v) is 8.00. The number of thiophene rings is 1. The van der Waals surface area contributed by atoms with Crippen molar-refractivity contribution < 1.29 is 4.79 Å². The maximum absolute atomic E-state index is 12.6. The van der Waals surface area contributed by atoms with Gasteiger partial charge in [-0.25, -0.2) is 0 Å². The molecule has 2 aliphatic heterocycles. The number of nitrogens with one attached hydrogen (secondary N) is 1. The van der Waals surface area contributed by atoms with Gasteiger partial charge in [0, 0.05) is 45.2 Å². The highest BCUT2D eigenvalue weighted by Crippen LogP contribution is 2.46. The number of fused-ring (bicyclic) bond motifs is 3. The highest BCUT2D eigenvalue weighted by molar-refractivity contribution is 7.98. The summed E-state index contributed by atoms with van der Waals surface area (Å²) in [5, 5.41) is 3.88. The van der Waals surface area contributed by atoms with E-state index in [9.17, 15) is 4.79 Å². The fourth-order valence-corrected chi connectivity index (χ4v) is 6.50. The van der Waals surface area contributed by atoms with E-state index in [1.807, 2.05) is 12.1 Å². The van der Waals surface area contributed by atoms with Gasteiger partial charge in [-0.3, -0.25) is 4.79 Å². The van der Waals surface area contributed by atoms with Crippen LogP contribution in [0.1, 0.15) is 47.8 Å². The van der Waals surface area contributed by atoms with Gasteiger partial charge in [-0.05, 0) is 56.5 Å². The Kier molecular flexibility index (Phi) is 6.12. The Bertz CT molecular complexity index is 836. The molecule has 1 atom stereocenters. The Labute approximate surface area is 174 Å². The Balaban J connectivity index is 1.34. The lowest BCUT2D eigenvalue weighted by Gasteiger charge is -2.33. The maximum Gasteiger partial charge on any atom is 0.261 e. The first-order chi connectivity index (χ1) is 13.1. The number of hydrogen-bond donors (Lipinski definition) is 1. The molecule has 0 radical (unpaired) electrons. The zero-order valence-corrected chi connectivity index (χ0v) is 18.0. The minimum atomic E-state index is 0.0570. The van der Waals surface area contributed by atoms with E-state index in [-0.39, 0.29) is 5.91 Å². The van der Waals surface area contributed by atoms with Gasteiger partial charge in [-0.15, -0.1) is 23.1 Å². The van der Waals surface area contributed by atoms with E-state index in [1.165, 1.54) is 46.7 Å². The van der Waals surface area contributed by atoms with Crippen molar-refractivity contribution in [3.8, 4) is 10.4 Å². The van der Waals surface area contributed by atoms with Crippen LogP contribution in [0.2, 0.25) is 5.02 Å². The molecule has 27 heavy (non-hydrogen) atoms. The van der Waals surface area contributed by atoms with E-state index in [4.69, 9.17) is 11.6 Å². The van der Waals surface area contributed by atoms with Crippen molar-refractivity contribution in [2.45, 2.75) is 49.3 Å². The van der Waals surface area contributed by atoms with Crippen molar-refractivity contribution in [3.63, 3.8) is 0 Å². The summed E-state index contributed by atoms with van der Waals surface area (Å²) >= 11 is 9.51. The highest BCUT2D eigenvalue weighted by Gasteiger charge is 2.22. The number of carbonyl (C=O) groups is 1. The van der Waals surface area contributed by atoms with Crippen LogP contribution in [-0.2, 0) is 5.75 Å². The molecule has 1 saturated heterocycles. The van der Waals surface area contributed by atoms with Gasteiger partial charge in [0.05, 0.1) is 4.88 Å². The van der Waals surface area contributed by atoms with Crippen LogP contribution in [0.3, 0.4) is 0 Å². The lowest BCUT2D eigenvalue weighted by atomic mass is 10.0. The second-order valence-corrected chi connectivity index (χ2v) is 9.89. The molecule has 1 amide bonds. The van der Waals surface area contributed by atoms with Crippen molar-refractivity contribution in [2.24, 2.45) is 0 Å². The van der Waals surface area contributed by atoms with Gasteiger partial charge in [-0.1, -0.05) is 24.1 Å². The smallest absolute Gasteiger partial charge is 0.261 e. The lowest BCUT2D eigenvalue weighted by Crippen LogP contribution is -2.39. The standard InChI is InChI=1S/C21H25ClN2OS2/c1-14-5-2-3-9-24(14)10-4-8-23-21(25)19-11-15-13-26-18-12-16(22)6-7-17(18)20(15)27-19/h6-7,11-12,14H,2-5,8-10,13H2,1H3,(H,23,25)/t14-/m0/s1. The predicted octanol–water partition coefficient (Wildman–Crippen LogP) is 5.67. The van der Waals surface area contributed by atoms with E-state index < -0.39 is 0 Å². The van der Waals surface area contributed by atoms with Gasteiger partial charge < -0.3 is 10.2 Å². The molecule has 144 valence electrons. The van der Waals surface area contributed by atoms with Gasteiger partial charge in [0.15, 0.2) is 0 Å². The Hall–Kier alpha value is -1.01. The van der Waals surface area contributed by atoms with Crippen LogP contribution in [0.25, 0.3) is 10.4 Å². The number of likely N-dealkylation sites (tertiary alicyclic amines) is 1. The van der Waals surface area contributed by atoms with Gasteiger partial charge in [0.1, 0.15) is 0 Å². The molecule has 6 heteroatoms. The molecular formula is C21H25ClN2OS2. The molecule has 2 aliphatic rings. The largest absolute Gasteiger partial charge is 0.351 e. The molecule has 3 nitrogen and oxygen atoms in total. The summed E-state index contributed by atoms with van der Waals surface area (Å²) in [6.07, 6.45) is 4.98. The summed E-state index contributed by atoms with van der Waals surface area (Å²) < 4.78 is 0. The average molecular weight is 421 g/mol. The van der Waals surface area contributed by atoms with Gasteiger partial charge >= 0.3 is 0 Å². The fourth-order valence-electron chi connectivity index (χ4n) is 3.90. The molecule has 1 fully saturated rings. The van der Waals surface area contributed by atoms with Crippen LogP contribution in [-0.4, -0.2) is 36.5 Å². The molecule has 0 spiro atoms. The SMILES string of the molecule is C[C@H]1CCCCN1CCCNC(=O)c1cc2c(s1)-c1ccc(Cl)cc1SC2. The van der Waals surface area contributed by atoms with Crippen LogP contribution in [0.5, 0.6) is 0 Å². The minimum absolute atomic E-state index is 0.0570. The molecule has 2 aromatic rings. The maximum atomic E-state index is 12.6. The van der Waals surface area contributed by atoms with Crippen LogP contribution < -0.4 is 5.32 Å². The van der Waals surface area contributed by atoms with Crippen molar-refractivity contribution in [3.05, 3.63) is 39.7 Å². The van der Waals surface area contributed by atoms with Gasteiger partial charge in [0.2, 0.25) is 0 Å². The third kappa shape index (κ3) is 4.37. The first-order valence-corrected chi connectivity index (χ1v) is 11.9. The van der Waals surface area contributed by atoms with E-state index in [2.05, 4.69) is 29.3 Å².